The Bertz CT molecular complexity index is 987. The van der Waals surface area contributed by atoms with E-state index in [1.165, 1.54) is 0 Å². The van der Waals surface area contributed by atoms with Crippen molar-refractivity contribution in [2.24, 2.45) is 4.99 Å². The van der Waals surface area contributed by atoms with Crippen LogP contribution < -0.4 is 5.32 Å². The largest absolute Gasteiger partial charge is 0.378 e. The van der Waals surface area contributed by atoms with E-state index in [1.807, 2.05) is 44.4 Å². The van der Waals surface area contributed by atoms with Crippen LogP contribution in [0.1, 0.15) is 35.7 Å². The number of aliphatic imine (C=N–C) groups is 1. The molecule has 1 aliphatic carbocycles. The van der Waals surface area contributed by atoms with Gasteiger partial charge in [-0.2, -0.15) is 5.10 Å². The summed E-state index contributed by atoms with van der Waals surface area (Å²) in [5.74, 6) is -0.0130. The van der Waals surface area contributed by atoms with Crippen molar-refractivity contribution in [3.8, 4) is 11.1 Å². The molecular formula is C22H27N5O2S. The Hall–Kier alpha value is -2.58. The standard InChI is InChI=1S/C22H27N5O2S/c1-15-3-4-17(21(28)25-19-5-6-19)11-20(15)18-13-24-27(14-18)16(2)12-23-22(30)26-7-9-29-10-8-26/h3-4,11-14,19H,5-10H2,1-2H3,(H,23,30)(H,25,28)/b16-12+. The zero-order chi connectivity index (χ0) is 21.1. The summed E-state index contributed by atoms with van der Waals surface area (Å²) >= 11 is 4.50. The van der Waals surface area contributed by atoms with Crippen LogP contribution in [0.15, 0.2) is 41.8 Å². The van der Waals surface area contributed by atoms with E-state index in [1.54, 1.807) is 10.9 Å². The molecule has 0 unspecified atom stereocenters. The first kappa shape index (κ1) is 20.7. The highest BCUT2D eigenvalue weighted by Crippen LogP contribution is 2.26. The molecule has 0 bridgehead atoms. The van der Waals surface area contributed by atoms with Crippen molar-refractivity contribution in [3.63, 3.8) is 0 Å². The summed E-state index contributed by atoms with van der Waals surface area (Å²) in [7, 11) is 0. The summed E-state index contributed by atoms with van der Waals surface area (Å²) in [6, 6.07) is 6.14. The quantitative estimate of drug-likeness (QED) is 0.438. The lowest BCUT2D eigenvalue weighted by atomic mass is 10.0. The first-order chi connectivity index (χ1) is 14.5. The van der Waals surface area contributed by atoms with Gasteiger partial charge in [-0.15, -0.1) is 12.6 Å². The molecule has 8 heteroatoms. The van der Waals surface area contributed by atoms with Crippen molar-refractivity contribution in [2.45, 2.75) is 32.7 Å². The number of morpholine rings is 1. The maximum absolute atomic E-state index is 12.4. The molecule has 1 aromatic carbocycles. The molecule has 0 radical (unpaired) electrons. The summed E-state index contributed by atoms with van der Waals surface area (Å²) in [5, 5.41) is 8.20. The molecule has 1 aromatic heterocycles. The van der Waals surface area contributed by atoms with Crippen molar-refractivity contribution in [1.82, 2.24) is 20.0 Å². The highest BCUT2D eigenvalue weighted by molar-refractivity contribution is 7.96. The van der Waals surface area contributed by atoms with Crippen LogP contribution in [0.25, 0.3) is 16.8 Å². The zero-order valence-electron chi connectivity index (χ0n) is 17.3. The molecule has 1 amide bonds. The second-order valence-corrected chi connectivity index (χ2v) is 8.15. The molecule has 1 saturated heterocycles. The number of carbonyl (C=O) groups excluding carboxylic acids is 1. The molecule has 7 nitrogen and oxygen atoms in total. The van der Waals surface area contributed by atoms with Gasteiger partial charge in [-0.3, -0.25) is 4.79 Å². The van der Waals surface area contributed by atoms with Crippen LogP contribution in [0.3, 0.4) is 0 Å². The van der Waals surface area contributed by atoms with Crippen LogP contribution in [0.2, 0.25) is 0 Å². The number of nitrogens with one attached hydrogen (secondary N) is 1. The van der Waals surface area contributed by atoms with Crippen molar-refractivity contribution < 1.29 is 9.53 Å². The van der Waals surface area contributed by atoms with Gasteiger partial charge in [0, 0.05) is 36.5 Å². The van der Waals surface area contributed by atoms with Crippen molar-refractivity contribution >= 4 is 29.4 Å². The number of nitrogens with zero attached hydrogens (tertiary/aromatic N) is 4. The van der Waals surface area contributed by atoms with Crippen LogP contribution in [-0.4, -0.2) is 58.1 Å². The molecule has 1 saturated carbocycles. The monoisotopic (exact) mass is 425 g/mol. The maximum atomic E-state index is 12.4. The van der Waals surface area contributed by atoms with E-state index in [2.05, 4.69) is 32.9 Å². The third-order valence-corrected chi connectivity index (χ3v) is 5.73. The third kappa shape index (κ3) is 4.94. The number of ether oxygens (including phenoxy) is 1. The Morgan fingerprint density at radius 2 is 2.10 bits per heavy atom. The Labute approximate surface area is 182 Å². The minimum Gasteiger partial charge on any atom is -0.378 e. The lowest BCUT2D eigenvalue weighted by Crippen LogP contribution is -2.38. The summed E-state index contributed by atoms with van der Waals surface area (Å²) in [5.41, 5.74) is 4.62. The van der Waals surface area contributed by atoms with E-state index in [0.717, 1.165) is 48.3 Å². The molecule has 4 rings (SSSR count). The summed E-state index contributed by atoms with van der Waals surface area (Å²) in [6.07, 6.45) is 7.69. The smallest absolute Gasteiger partial charge is 0.251 e. The minimum absolute atomic E-state index is 0.0130. The number of hydrogen-bond donors (Lipinski definition) is 2. The fourth-order valence-electron chi connectivity index (χ4n) is 3.28. The second-order valence-electron chi connectivity index (χ2n) is 7.75. The van der Waals surface area contributed by atoms with Crippen LogP contribution in [0.5, 0.6) is 0 Å². The number of thiol groups is 1. The van der Waals surface area contributed by atoms with Gasteiger partial charge in [0.1, 0.15) is 0 Å². The lowest BCUT2D eigenvalue weighted by Gasteiger charge is -2.27. The minimum atomic E-state index is -0.0130. The predicted molar refractivity (Wildman–Crippen MR) is 122 cm³/mol. The van der Waals surface area contributed by atoms with Crippen LogP contribution >= 0.6 is 12.6 Å². The Kier molecular flexibility index (Phi) is 6.24. The van der Waals surface area contributed by atoms with Gasteiger partial charge in [0.25, 0.3) is 5.91 Å². The van der Waals surface area contributed by atoms with E-state index < -0.39 is 0 Å². The molecule has 1 N–H and O–H groups in total. The van der Waals surface area contributed by atoms with Gasteiger partial charge < -0.3 is 15.0 Å². The van der Waals surface area contributed by atoms with Crippen LogP contribution in [-0.2, 0) is 4.74 Å². The Morgan fingerprint density at radius 3 is 2.83 bits per heavy atom. The van der Waals surface area contributed by atoms with Gasteiger partial charge in [-0.25, -0.2) is 9.67 Å². The zero-order valence-corrected chi connectivity index (χ0v) is 18.2. The number of aromatic nitrogens is 2. The van der Waals surface area contributed by atoms with Crippen molar-refractivity contribution in [1.29, 1.82) is 0 Å². The number of benzene rings is 1. The molecular weight excluding hydrogens is 398 g/mol. The summed E-state index contributed by atoms with van der Waals surface area (Å²) in [4.78, 5) is 19.0. The van der Waals surface area contributed by atoms with Gasteiger partial charge in [-0.05, 0) is 49.9 Å². The van der Waals surface area contributed by atoms with Crippen LogP contribution in [0.4, 0.5) is 0 Å². The molecule has 1 aliphatic heterocycles. The van der Waals surface area contributed by atoms with Gasteiger partial charge in [0.15, 0.2) is 5.17 Å². The third-order valence-electron chi connectivity index (χ3n) is 5.33. The number of rotatable bonds is 5. The molecule has 158 valence electrons. The molecule has 0 atom stereocenters. The van der Waals surface area contributed by atoms with Crippen molar-refractivity contribution in [3.05, 3.63) is 47.9 Å². The van der Waals surface area contributed by atoms with E-state index in [9.17, 15) is 4.79 Å². The SMILES string of the molecule is C/C(=C\N=C(/S)N1CCOCC1)n1cc(-c2cc(C(=O)NC3CC3)ccc2C)cn1. The molecule has 2 heterocycles. The average Bonchev–Trinajstić information content (AvgIpc) is 3.44. The van der Waals surface area contributed by atoms with E-state index in [4.69, 9.17) is 4.74 Å². The fraction of sp³-hybridized carbons (Fsp3) is 0.409. The van der Waals surface area contributed by atoms with Gasteiger partial charge in [0.05, 0.1) is 31.3 Å². The number of aryl methyl sites for hydroxylation is 1. The number of carbonyl (C=O) groups is 1. The number of allylic oxidation sites excluding steroid dienone is 1. The van der Waals surface area contributed by atoms with Crippen LogP contribution in [0, 0.1) is 6.92 Å². The van der Waals surface area contributed by atoms with E-state index in [-0.39, 0.29) is 5.91 Å². The average molecular weight is 426 g/mol. The maximum Gasteiger partial charge on any atom is 0.251 e. The molecule has 30 heavy (non-hydrogen) atoms. The van der Waals surface area contributed by atoms with Crippen molar-refractivity contribution in [2.75, 3.05) is 26.3 Å². The highest BCUT2D eigenvalue weighted by Gasteiger charge is 2.24. The number of hydrogen-bond acceptors (Lipinski definition) is 4. The fourth-order valence-corrected chi connectivity index (χ4v) is 3.54. The number of amidine groups is 1. The van der Waals surface area contributed by atoms with Gasteiger partial charge in [0.2, 0.25) is 0 Å². The topological polar surface area (TPSA) is 71.8 Å². The molecule has 2 aromatic rings. The van der Waals surface area contributed by atoms with E-state index in [0.29, 0.717) is 30.0 Å². The predicted octanol–water partition coefficient (Wildman–Crippen LogP) is 3.19. The highest BCUT2D eigenvalue weighted by atomic mass is 32.1. The van der Waals surface area contributed by atoms with E-state index >= 15 is 0 Å². The summed E-state index contributed by atoms with van der Waals surface area (Å²) in [6.45, 7) is 6.98. The lowest BCUT2D eigenvalue weighted by molar-refractivity contribution is 0.0694. The Morgan fingerprint density at radius 1 is 1.33 bits per heavy atom. The second kappa shape index (κ2) is 9.06. The molecule has 2 aliphatic rings. The molecule has 2 fully saturated rings. The normalized spacial score (nSPS) is 17.9. The van der Waals surface area contributed by atoms with Gasteiger partial charge in [-0.1, -0.05) is 6.07 Å². The first-order valence-corrected chi connectivity index (χ1v) is 10.7. The summed E-state index contributed by atoms with van der Waals surface area (Å²) < 4.78 is 7.15. The van der Waals surface area contributed by atoms with Gasteiger partial charge >= 0.3 is 0 Å². The Balaban J connectivity index is 1.51. The first-order valence-electron chi connectivity index (χ1n) is 10.2. The molecule has 0 spiro atoms. The number of amides is 1.